The summed E-state index contributed by atoms with van der Waals surface area (Å²) in [5, 5.41) is 15.2. The molecule has 0 radical (unpaired) electrons. The van der Waals surface area contributed by atoms with E-state index in [-0.39, 0.29) is 19.1 Å². The van der Waals surface area contributed by atoms with Gasteiger partial charge in [0, 0.05) is 5.75 Å². The van der Waals surface area contributed by atoms with Gasteiger partial charge in [-0.15, -0.1) is 0 Å². The quantitative estimate of drug-likeness (QED) is 0.785. The van der Waals surface area contributed by atoms with Crippen molar-refractivity contribution in [2.45, 2.75) is 18.1 Å². The average Bonchev–Trinajstić information content (AvgIpc) is 3.21. The van der Waals surface area contributed by atoms with Gasteiger partial charge in [0.2, 0.25) is 0 Å². The van der Waals surface area contributed by atoms with Gasteiger partial charge in [-0.2, -0.15) is 11.8 Å². The zero-order chi connectivity index (χ0) is 18.1. The number of hydrogen-bond donors (Lipinski definition) is 2. The average molecular weight is 372 g/mol. The molecule has 1 spiro atoms. The van der Waals surface area contributed by atoms with Crippen LogP contribution < -0.4 is 10.1 Å². The van der Waals surface area contributed by atoms with Crippen LogP contribution in [-0.2, 0) is 4.79 Å². The molecule has 3 amide bonds. The van der Waals surface area contributed by atoms with Crippen LogP contribution in [0, 0.1) is 0 Å². The Balaban J connectivity index is 1.37. The summed E-state index contributed by atoms with van der Waals surface area (Å²) in [6, 6.07) is 13.2. The third-order valence-corrected chi connectivity index (χ3v) is 6.01. The summed E-state index contributed by atoms with van der Waals surface area (Å²) < 4.78 is 5.65. The van der Waals surface area contributed by atoms with Crippen LogP contribution >= 0.6 is 11.8 Å². The highest BCUT2D eigenvalue weighted by molar-refractivity contribution is 7.99. The number of benzene rings is 2. The van der Waals surface area contributed by atoms with E-state index in [4.69, 9.17) is 4.74 Å². The normalized spacial score (nSPS) is 23.7. The lowest BCUT2D eigenvalue weighted by molar-refractivity contribution is -0.131. The van der Waals surface area contributed by atoms with Gasteiger partial charge < -0.3 is 15.2 Å². The molecule has 2 aliphatic heterocycles. The number of ether oxygens (including phenoxy) is 1. The maximum Gasteiger partial charge on any atom is 0.325 e. The van der Waals surface area contributed by atoms with Crippen LogP contribution in [0.25, 0.3) is 10.8 Å². The van der Waals surface area contributed by atoms with E-state index in [0.29, 0.717) is 17.9 Å². The Morgan fingerprint density at radius 1 is 1.23 bits per heavy atom. The van der Waals surface area contributed by atoms with Crippen LogP contribution in [0.15, 0.2) is 42.5 Å². The molecule has 7 heteroatoms. The molecule has 2 aromatic rings. The first-order valence-corrected chi connectivity index (χ1v) is 9.74. The summed E-state index contributed by atoms with van der Waals surface area (Å²) >= 11 is 1.66. The number of thioether (sulfide) groups is 1. The second-order valence-corrected chi connectivity index (χ2v) is 7.81. The number of β-amino-alcohol motifs (C(OH)–C–C–N with tert-alkyl or cyclic N) is 1. The zero-order valence-corrected chi connectivity index (χ0v) is 15.0. The topological polar surface area (TPSA) is 78.9 Å². The fraction of sp³-hybridized carbons (Fsp3) is 0.368. The van der Waals surface area contributed by atoms with Crippen molar-refractivity contribution in [3.05, 3.63) is 42.5 Å². The highest BCUT2D eigenvalue weighted by atomic mass is 32.2. The number of hydrogen-bond acceptors (Lipinski definition) is 5. The summed E-state index contributed by atoms with van der Waals surface area (Å²) in [6.45, 7) is -0.0538. The van der Waals surface area contributed by atoms with Crippen molar-refractivity contribution in [3.8, 4) is 5.75 Å². The molecule has 136 valence electrons. The van der Waals surface area contributed by atoms with Crippen molar-refractivity contribution in [3.63, 3.8) is 0 Å². The molecule has 2 heterocycles. The number of imide groups is 1. The number of carbonyl (C=O) groups excluding carboxylic acids is 2. The second kappa shape index (κ2) is 6.81. The molecule has 0 unspecified atom stereocenters. The van der Waals surface area contributed by atoms with Gasteiger partial charge in [0.15, 0.2) is 0 Å². The van der Waals surface area contributed by atoms with Crippen molar-refractivity contribution >= 4 is 34.5 Å². The molecule has 2 fully saturated rings. The van der Waals surface area contributed by atoms with Crippen molar-refractivity contribution in [1.29, 1.82) is 0 Å². The molecule has 0 aromatic heterocycles. The van der Waals surface area contributed by atoms with Gasteiger partial charge >= 0.3 is 6.03 Å². The molecule has 6 nitrogen and oxygen atoms in total. The summed E-state index contributed by atoms with van der Waals surface area (Å²) in [4.78, 5) is 25.8. The Hall–Kier alpha value is -2.25. The first-order chi connectivity index (χ1) is 12.6. The lowest BCUT2D eigenvalue weighted by atomic mass is 9.99. The van der Waals surface area contributed by atoms with Crippen LogP contribution in [0.5, 0.6) is 5.75 Å². The smallest absolute Gasteiger partial charge is 0.325 e. The summed E-state index contributed by atoms with van der Waals surface area (Å²) in [5.74, 6) is 1.85. The van der Waals surface area contributed by atoms with E-state index in [0.717, 1.165) is 21.4 Å². The molecule has 0 saturated carbocycles. The molecule has 2 N–H and O–H groups in total. The first-order valence-electron chi connectivity index (χ1n) is 8.59. The van der Waals surface area contributed by atoms with E-state index in [9.17, 15) is 14.7 Å². The number of carbonyl (C=O) groups is 2. The van der Waals surface area contributed by atoms with E-state index in [2.05, 4.69) is 5.32 Å². The van der Waals surface area contributed by atoms with Gasteiger partial charge in [-0.05, 0) is 35.1 Å². The third-order valence-electron chi connectivity index (χ3n) is 4.82. The molecule has 0 bridgehead atoms. The molecule has 2 aromatic carbocycles. The van der Waals surface area contributed by atoms with Gasteiger partial charge in [0.1, 0.15) is 24.0 Å². The summed E-state index contributed by atoms with van der Waals surface area (Å²) in [5.41, 5.74) is -0.777. The lowest BCUT2D eigenvalue weighted by Gasteiger charge is -2.21. The van der Waals surface area contributed by atoms with Gasteiger partial charge in [-0.3, -0.25) is 9.69 Å². The van der Waals surface area contributed by atoms with E-state index in [1.165, 1.54) is 0 Å². The maximum atomic E-state index is 12.6. The number of aliphatic hydroxyl groups is 1. The van der Waals surface area contributed by atoms with Crippen LogP contribution in [0.4, 0.5) is 4.79 Å². The monoisotopic (exact) mass is 372 g/mol. The zero-order valence-electron chi connectivity index (χ0n) is 14.2. The van der Waals surface area contributed by atoms with Crippen LogP contribution in [-0.4, -0.2) is 58.2 Å². The van der Waals surface area contributed by atoms with E-state index in [1.54, 1.807) is 11.8 Å². The summed E-state index contributed by atoms with van der Waals surface area (Å²) in [6.07, 6.45) is -0.303. The fourth-order valence-electron chi connectivity index (χ4n) is 3.39. The molecule has 0 aliphatic carbocycles. The Morgan fingerprint density at radius 3 is 2.81 bits per heavy atom. The predicted octanol–water partition coefficient (Wildman–Crippen LogP) is 2.01. The van der Waals surface area contributed by atoms with Gasteiger partial charge in [0.25, 0.3) is 5.91 Å². The van der Waals surface area contributed by atoms with Gasteiger partial charge in [-0.1, -0.05) is 30.3 Å². The van der Waals surface area contributed by atoms with Crippen LogP contribution in [0.3, 0.4) is 0 Å². The summed E-state index contributed by atoms with van der Waals surface area (Å²) in [7, 11) is 0. The Labute approximate surface area is 155 Å². The molecule has 2 saturated heterocycles. The van der Waals surface area contributed by atoms with Crippen LogP contribution in [0.1, 0.15) is 6.42 Å². The maximum absolute atomic E-state index is 12.6. The SMILES string of the molecule is O=C1N[C@]2(CCSC2)C(=O)N1C[C@@H](O)COc1ccc2ccccc2c1. The predicted molar refractivity (Wildman–Crippen MR) is 100 cm³/mol. The van der Waals surface area contributed by atoms with E-state index >= 15 is 0 Å². The Bertz CT molecular complexity index is 850. The molecular formula is C19H20N2O4S. The van der Waals surface area contributed by atoms with Crippen molar-refractivity contribution in [2.24, 2.45) is 0 Å². The largest absolute Gasteiger partial charge is 0.491 e. The highest BCUT2D eigenvalue weighted by Crippen LogP contribution is 2.33. The lowest BCUT2D eigenvalue weighted by Crippen LogP contribution is -2.47. The standard InChI is InChI=1S/C19H20N2O4S/c22-15(10-21-17(23)19(20-18(21)24)7-8-26-12-19)11-25-16-6-5-13-3-1-2-4-14(13)9-16/h1-6,9,15,22H,7-8,10-12H2,(H,20,24)/t15-,19+/m1/s1. The van der Waals surface area contributed by atoms with E-state index < -0.39 is 17.7 Å². The van der Waals surface area contributed by atoms with Gasteiger partial charge in [-0.25, -0.2) is 4.79 Å². The number of aliphatic hydroxyl groups excluding tert-OH is 1. The van der Waals surface area contributed by atoms with Crippen molar-refractivity contribution < 1.29 is 19.4 Å². The number of urea groups is 1. The molecular weight excluding hydrogens is 352 g/mol. The Morgan fingerprint density at radius 2 is 2.04 bits per heavy atom. The number of rotatable bonds is 5. The Kier molecular flexibility index (Phi) is 4.50. The molecule has 26 heavy (non-hydrogen) atoms. The minimum Gasteiger partial charge on any atom is -0.491 e. The minimum absolute atomic E-state index is 0.0111. The number of amides is 3. The number of fused-ring (bicyclic) bond motifs is 1. The van der Waals surface area contributed by atoms with Gasteiger partial charge in [0.05, 0.1) is 6.54 Å². The van der Waals surface area contributed by atoms with Crippen molar-refractivity contribution in [1.82, 2.24) is 10.2 Å². The molecule has 2 atom stereocenters. The third kappa shape index (κ3) is 3.12. The minimum atomic E-state index is -0.944. The second-order valence-electron chi connectivity index (χ2n) is 6.70. The highest BCUT2D eigenvalue weighted by Gasteiger charge is 2.53. The number of nitrogens with zero attached hydrogens (tertiary/aromatic N) is 1. The first kappa shape index (κ1) is 17.2. The molecule has 2 aliphatic rings. The van der Waals surface area contributed by atoms with E-state index in [1.807, 2.05) is 42.5 Å². The van der Waals surface area contributed by atoms with Crippen molar-refractivity contribution in [2.75, 3.05) is 24.7 Å². The molecule has 4 rings (SSSR count). The fourth-order valence-corrected chi connectivity index (χ4v) is 4.71. The van der Waals surface area contributed by atoms with Crippen LogP contribution in [0.2, 0.25) is 0 Å². The number of nitrogens with one attached hydrogen (secondary N) is 1.